The summed E-state index contributed by atoms with van der Waals surface area (Å²) >= 11 is 0. The fourth-order valence-electron chi connectivity index (χ4n) is 8.00. The highest BCUT2D eigenvalue weighted by Gasteiger charge is 2.31. The fraction of sp³-hybridized carbons (Fsp3) is 0.807. The van der Waals surface area contributed by atoms with Gasteiger partial charge in [0.25, 0.3) is 0 Å². The number of carbonyl (C=O) groups excluding carboxylic acids is 2. The number of nitrogens with zero attached hydrogens (tertiary/aromatic N) is 1. The first-order valence-electron chi connectivity index (χ1n) is 27.2. The highest BCUT2D eigenvalue weighted by molar-refractivity contribution is 5.72. The van der Waals surface area contributed by atoms with Gasteiger partial charge in [0.15, 0.2) is 12.1 Å². The molecule has 2 atom stereocenters. The number of allylic oxidation sites excluding steroid dienone is 8. The Bertz CT molecular complexity index is 1200. The minimum absolute atomic E-state index is 0.0560. The molecule has 65 heavy (non-hydrogen) atoms. The summed E-state index contributed by atoms with van der Waals surface area (Å²) in [5.41, 5.74) is 0. The molecule has 0 aromatic rings. The molecule has 0 bridgehead atoms. The Hall–Kier alpha value is -2.71. The van der Waals surface area contributed by atoms with Crippen molar-refractivity contribution in [1.82, 2.24) is 0 Å². The van der Waals surface area contributed by atoms with E-state index in [4.69, 9.17) is 14.2 Å². The van der Waals surface area contributed by atoms with E-state index in [0.717, 1.165) is 51.4 Å². The third kappa shape index (κ3) is 46.2. The van der Waals surface area contributed by atoms with Crippen LogP contribution in [-0.4, -0.2) is 80.6 Å². The number of aliphatic carboxylic acids is 1. The van der Waals surface area contributed by atoms with E-state index in [-0.39, 0.29) is 36.2 Å². The average molecular weight is 915 g/mol. The van der Waals surface area contributed by atoms with Crippen molar-refractivity contribution < 1.29 is 38.2 Å². The Morgan fingerprint density at radius 2 is 0.862 bits per heavy atom. The molecular formula is C57H104NO7+. The largest absolute Gasteiger partial charge is 0.477 e. The van der Waals surface area contributed by atoms with Crippen LogP contribution in [-0.2, 0) is 28.6 Å². The third-order valence-corrected chi connectivity index (χ3v) is 12.2. The molecule has 0 spiro atoms. The quantitative estimate of drug-likeness (QED) is 0.0213. The van der Waals surface area contributed by atoms with Gasteiger partial charge in [0, 0.05) is 19.3 Å². The first-order valence-corrected chi connectivity index (χ1v) is 27.2. The van der Waals surface area contributed by atoms with Crippen molar-refractivity contribution in [3.63, 3.8) is 0 Å². The van der Waals surface area contributed by atoms with Gasteiger partial charge in [-0.2, -0.15) is 0 Å². The molecule has 0 fully saturated rings. The van der Waals surface area contributed by atoms with Crippen LogP contribution in [0.5, 0.6) is 0 Å². The second-order valence-corrected chi connectivity index (χ2v) is 19.5. The zero-order chi connectivity index (χ0) is 47.7. The van der Waals surface area contributed by atoms with Gasteiger partial charge < -0.3 is 23.8 Å². The van der Waals surface area contributed by atoms with Crippen LogP contribution in [0, 0.1) is 0 Å². The number of ether oxygens (including phenoxy) is 3. The van der Waals surface area contributed by atoms with Crippen molar-refractivity contribution in [3.8, 4) is 0 Å². The van der Waals surface area contributed by atoms with Gasteiger partial charge in [-0.15, -0.1) is 0 Å². The molecule has 0 aromatic heterocycles. The molecule has 0 aliphatic rings. The van der Waals surface area contributed by atoms with E-state index in [1.807, 2.05) is 21.1 Å². The molecule has 0 rings (SSSR count). The smallest absolute Gasteiger partial charge is 0.362 e. The number of carboxylic acid groups (broad SMARTS) is 1. The zero-order valence-electron chi connectivity index (χ0n) is 43.2. The van der Waals surface area contributed by atoms with Crippen molar-refractivity contribution >= 4 is 17.9 Å². The fourth-order valence-corrected chi connectivity index (χ4v) is 8.00. The maximum atomic E-state index is 12.8. The molecule has 8 nitrogen and oxygen atoms in total. The lowest BCUT2D eigenvalue weighted by Crippen LogP contribution is -2.50. The van der Waals surface area contributed by atoms with Crippen LogP contribution in [0.25, 0.3) is 0 Å². The lowest BCUT2D eigenvalue weighted by atomic mass is 10.1. The molecule has 1 N–H and O–H groups in total. The van der Waals surface area contributed by atoms with E-state index in [9.17, 15) is 19.5 Å². The predicted molar refractivity (Wildman–Crippen MR) is 275 cm³/mol. The molecule has 0 amide bonds. The molecule has 0 saturated carbocycles. The highest BCUT2D eigenvalue weighted by atomic mass is 16.6. The summed E-state index contributed by atoms with van der Waals surface area (Å²) in [6, 6.07) is -0.618. The summed E-state index contributed by atoms with van der Waals surface area (Å²) in [6.45, 7) is 4.72. The Balaban J connectivity index is 4.22. The highest BCUT2D eigenvalue weighted by Crippen LogP contribution is 2.15. The first kappa shape index (κ1) is 62.3. The Kier molecular flexibility index (Phi) is 45.8. The van der Waals surface area contributed by atoms with Crippen LogP contribution in [0.15, 0.2) is 48.6 Å². The lowest BCUT2D eigenvalue weighted by Gasteiger charge is -2.31. The van der Waals surface area contributed by atoms with E-state index in [0.29, 0.717) is 19.3 Å². The number of quaternary nitrogens is 1. The van der Waals surface area contributed by atoms with Crippen molar-refractivity contribution in [2.24, 2.45) is 0 Å². The van der Waals surface area contributed by atoms with Crippen LogP contribution < -0.4 is 0 Å². The van der Waals surface area contributed by atoms with Crippen LogP contribution in [0.4, 0.5) is 0 Å². The van der Waals surface area contributed by atoms with Crippen molar-refractivity contribution in [1.29, 1.82) is 0 Å². The van der Waals surface area contributed by atoms with E-state index in [1.54, 1.807) is 0 Å². The van der Waals surface area contributed by atoms with Gasteiger partial charge in [0.2, 0.25) is 0 Å². The molecule has 0 aromatic carbocycles. The lowest BCUT2D eigenvalue weighted by molar-refractivity contribution is -0.887. The Labute approximate surface area is 401 Å². The van der Waals surface area contributed by atoms with Crippen LogP contribution >= 0.6 is 0 Å². The second-order valence-electron chi connectivity index (χ2n) is 19.5. The SMILES string of the molecule is CCCCC/C=C/C=C/CCCCCCCCCCCCC(=O)OC(COCCC(C(=O)O)[N+](C)(C)C)COC(=O)CCCCCCCCC/C=C/C/C=C/CCCCCCCCCC. The molecule has 0 radical (unpaired) electrons. The number of esters is 2. The van der Waals surface area contributed by atoms with E-state index in [2.05, 4.69) is 62.5 Å². The van der Waals surface area contributed by atoms with Crippen LogP contribution in [0.1, 0.15) is 245 Å². The van der Waals surface area contributed by atoms with Gasteiger partial charge in [0.1, 0.15) is 6.61 Å². The van der Waals surface area contributed by atoms with Gasteiger partial charge in [-0.1, -0.05) is 204 Å². The second kappa shape index (κ2) is 47.8. The van der Waals surface area contributed by atoms with Gasteiger partial charge >= 0.3 is 17.9 Å². The van der Waals surface area contributed by atoms with E-state index < -0.39 is 18.1 Å². The van der Waals surface area contributed by atoms with Crippen molar-refractivity contribution in [3.05, 3.63) is 48.6 Å². The van der Waals surface area contributed by atoms with Gasteiger partial charge in [0.05, 0.1) is 34.4 Å². The molecule has 8 heteroatoms. The molecule has 2 unspecified atom stereocenters. The van der Waals surface area contributed by atoms with Crippen molar-refractivity contribution in [2.45, 2.75) is 257 Å². The topological polar surface area (TPSA) is 99.1 Å². The normalized spacial score (nSPS) is 13.2. The van der Waals surface area contributed by atoms with Crippen LogP contribution in [0.2, 0.25) is 0 Å². The molecule has 0 aliphatic carbocycles. The summed E-state index contributed by atoms with van der Waals surface area (Å²) in [7, 11) is 5.54. The Morgan fingerprint density at radius 1 is 0.477 bits per heavy atom. The maximum absolute atomic E-state index is 12.8. The monoisotopic (exact) mass is 915 g/mol. The van der Waals surface area contributed by atoms with E-state index in [1.165, 1.54) is 161 Å². The molecule has 378 valence electrons. The minimum atomic E-state index is -0.875. The summed E-state index contributed by atoms with van der Waals surface area (Å²) in [6.07, 6.45) is 58.7. The van der Waals surface area contributed by atoms with Crippen molar-refractivity contribution in [2.75, 3.05) is 41.0 Å². The van der Waals surface area contributed by atoms with Gasteiger partial charge in [-0.25, -0.2) is 4.79 Å². The number of carboxylic acids is 1. The number of rotatable bonds is 49. The molecule has 0 heterocycles. The number of hydrogen-bond donors (Lipinski definition) is 1. The van der Waals surface area contributed by atoms with Gasteiger partial charge in [-0.3, -0.25) is 9.59 Å². The number of carbonyl (C=O) groups is 3. The van der Waals surface area contributed by atoms with Crippen LogP contribution in [0.3, 0.4) is 0 Å². The first-order chi connectivity index (χ1) is 31.6. The standard InChI is InChI=1S/C57H103NO7/c1-6-8-10-12-14-16-18-20-22-24-26-27-28-30-31-33-35-37-39-41-43-45-47-55(59)64-52-53(51-63-50-49-54(57(61)62)58(3,4)5)65-56(60)48-46-44-42-40-38-36-34-32-29-25-23-21-19-17-15-13-11-9-7-2/h15,17,19,21,24,26,28,30,53-54H,6-14,16,18,20,22-23,25,27,29,31-52H2,1-5H3/p+1/b17-15+,21-19+,26-24+,30-28+. The number of hydrogen-bond acceptors (Lipinski definition) is 6. The predicted octanol–water partition coefficient (Wildman–Crippen LogP) is 15.9. The molecule has 0 saturated heterocycles. The average Bonchev–Trinajstić information content (AvgIpc) is 3.27. The summed E-state index contributed by atoms with van der Waals surface area (Å²) in [5, 5.41) is 9.66. The number of unbranched alkanes of at least 4 members (excludes halogenated alkanes) is 28. The third-order valence-electron chi connectivity index (χ3n) is 12.2. The summed E-state index contributed by atoms with van der Waals surface area (Å²) in [5.74, 6) is -1.47. The van der Waals surface area contributed by atoms with E-state index >= 15 is 0 Å². The maximum Gasteiger partial charge on any atom is 0.362 e. The zero-order valence-corrected chi connectivity index (χ0v) is 43.2. The van der Waals surface area contributed by atoms with Gasteiger partial charge in [-0.05, 0) is 70.6 Å². The Morgan fingerprint density at radius 3 is 1.31 bits per heavy atom. The molecular weight excluding hydrogens is 811 g/mol. The number of likely N-dealkylation sites (N-methyl/N-ethyl adjacent to an activating group) is 1. The summed E-state index contributed by atoms with van der Waals surface area (Å²) in [4.78, 5) is 37.2. The molecule has 0 aliphatic heterocycles. The summed E-state index contributed by atoms with van der Waals surface area (Å²) < 4.78 is 17.4. The minimum Gasteiger partial charge on any atom is -0.477 e.